The molecule has 20 heavy (non-hydrogen) atoms. The van der Waals surface area contributed by atoms with Gasteiger partial charge in [-0.3, -0.25) is 0 Å². The maximum Gasteiger partial charge on any atom is 0.268 e. The van der Waals surface area contributed by atoms with E-state index >= 15 is 0 Å². The predicted molar refractivity (Wildman–Crippen MR) is 83.4 cm³/mol. The zero-order valence-electron chi connectivity index (χ0n) is 10.7. The van der Waals surface area contributed by atoms with Gasteiger partial charge in [0.1, 0.15) is 0 Å². The summed E-state index contributed by atoms with van der Waals surface area (Å²) in [6.07, 6.45) is 1.59. The molecule has 3 rings (SSSR count). The van der Waals surface area contributed by atoms with E-state index in [1.165, 1.54) is 3.97 Å². The first-order chi connectivity index (χ1) is 9.48. The summed E-state index contributed by atoms with van der Waals surface area (Å²) < 4.78 is 27.6. The molecule has 0 aliphatic rings. The summed E-state index contributed by atoms with van der Waals surface area (Å²) >= 11 is 3.39. The Bertz CT molecular complexity index is 880. The van der Waals surface area contributed by atoms with E-state index in [-0.39, 0.29) is 0 Å². The second-order valence-corrected chi connectivity index (χ2v) is 7.36. The van der Waals surface area contributed by atoms with E-state index in [1.54, 1.807) is 42.6 Å². The molecular weight excluding hydrogens is 338 g/mol. The topological polar surface area (TPSA) is 39.1 Å². The first-order valence-electron chi connectivity index (χ1n) is 6.07. The standard InChI is InChI=1S/C15H12BrNO2S/c1-11-2-5-14(6-3-11)20(18,19)17-9-8-12-10-13(16)4-7-15(12)17/h2-10H,1H3. The van der Waals surface area contributed by atoms with Crippen LogP contribution in [0.4, 0.5) is 0 Å². The van der Waals surface area contributed by atoms with Crippen LogP contribution in [0.2, 0.25) is 0 Å². The van der Waals surface area contributed by atoms with Crippen molar-refractivity contribution in [2.24, 2.45) is 0 Å². The fourth-order valence-electron chi connectivity index (χ4n) is 2.12. The summed E-state index contributed by atoms with van der Waals surface area (Å²) in [7, 11) is -3.55. The van der Waals surface area contributed by atoms with Crippen molar-refractivity contribution in [1.82, 2.24) is 3.97 Å². The van der Waals surface area contributed by atoms with E-state index in [1.807, 2.05) is 19.1 Å². The number of fused-ring (bicyclic) bond motifs is 1. The van der Waals surface area contributed by atoms with Gasteiger partial charge in [-0.2, -0.15) is 0 Å². The Balaban J connectivity index is 2.21. The van der Waals surface area contributed by atoms with Gasteiger partial charge in [0.15, 0.2) is 0 Å². The highest BCUT2D eigenvalue weighted by Crippen LogP contribution is 2.25. The Labute approximate surface area is 126 Å². The monoisotopic (exact) mass is 349 g/mol. The highest BCUT2D eigenvalue weighted by atomic mass is 79.9. The molecule has 0 bridgehead atoms. The van der Waals surface area contributed by atoms with Gasteiger partial charge in [0.2, 0.25) is 0 Å². The van der Waals surface area contributed by atoms with Gasteiger partial charge in [0.05, 0.1) is 10.4 Å². The predicted octanol–water partition coefficient (Wildman–Crippen LogP) is 3.95. The van der Waals surface area contributed by atoms with E-state index in [2.05, 4.69) is 15.9 Å². The van der Waals surface area contributed by atoms with E-state index in [4.69, 9.17) is 0 Å². The average molecular weight is 350 g/mol. The molecule has 0 N–H and O–H groups in total. The number of aryl methyl sites for hydroxylation is 1. The highest BCUT2D eigenvalue weighted by Gasteiger charge is 2.18. The van der Waals surface area contributed by atoms with Crippen molar-refractivity contribution in [2.75, 3.05) is 0 Å². The number of hydrogen-bond donors (Lipinski definition) is 0. The van der Waals surface area contributed by atoms with Crippen LogP contribution in [-0.4, -0.2) is 12.4 Å². The summed E-state index contributed by atoms with van der Waals surface area (Å²) in [5, 5.41) is 0.884. The van der Waals surface area contributed by atoms with Gasteiger partial charge in [0.25, 0.3) is 10.0 Å². The lowest BCUT2D eigenvalue weighted by atomic mass is 10.2. The maximum absolute atomic E-state index is 12.7. The quantitative estimate of drug-likeness (QED) is 0.702. The van der Waals surface area contributed by atoms with Crippen LogP contribution in [0.15, 0.2) is 64.1 Å². The Hall–Kier alpha value is -1.59. The Morgan fingerprint density at radius 2 is 1.70 bits per heavy atom. The molecule has 0 amide bonds. The van der Waals surface area contributed by atoms with Crippen molar-refractivity contribution in [1.29, 1.82) is 0 Å². The highest BCUT2D eigenvalue weighted by molar-refractivity contribution is 9.10. The number of aromatic nitrogens is 1. The van der Waals surface area contributed by atoms with Crippen molar-refractivity contribution in [3.05, 3.63) is 64.8 Å². The Morgan fingerprint density at radius 3 is 2.40 bits per heavy atom. The lowest BCUT2D eigenvalue weighted by Crippen LogP contribution is -2.11. The number of halogens is 1. The molecule has 0 aliphatic carbocycles. The van der Waals surface area contributed by atoms with Crippen LogP contribution in [-0.2, 0) is 10.0 Å². The summed E-state index contributed by atoms with van der Waals surface area (Å²) in [5.74, 6) is 0. The molecule has 5 heteroatoms. The molecule has 0 spiro atoms. The zero-order valence-corrected chi connectivity index (χ0v) is 13.1. The zero-order chi connectivity index (χ0) is 14.3. The SMILES string of the molecule is Cc1ccc(S(=O)(=O)n2ccc3cc(Br)ccc32)cc1. The first-order valence-corrected chi connectivity index (χ1v) is 8.31. The number of nitrogens with zero attached hydrogens (tertiary/aromatic N) is 1. The van der Waals surface area contributed by atoms with Crippen LogP contribution in [0, 0.1) is 6.92 Å². The smallest absolute Gasteiger partial charge is 0.241 e. The number of benzene rings is 2. The fourth-order valence-corrected chi connectivity index (χ4v) is 3.85. The van der Waals surface area contributed by atoms with Gasteiger partial charge in [-0.05, 0) is 43.3 Å². The van der Waals surface area contributed by atoms with Gasteiger partial charge in [-0.15, -0.1) is 0 Å². The molecule has 3 aromatic rings. The van der Waals surface area contributed by atoms with Crippen molar-refractivity contribution in [2.45, 2.75) is 11.8 Å². The third kappa shape index (κ3) is 2.17. The molecule has 1 heterocycles. The average Bonchev–Trinajstić information content (AvgIpc) is 2.82. The molecular formula is C15H12BrNO2S. The largest absolute Gasteiger partial charge is 0.268 e. The molecule has 0 aliphatic heterocycles. The Kier molecular flexibility index (Phi) is 3.18. The number of rotatable bonds is 2. The fraction of sp³-hybridized carbons (Fsp3) is 0.0667. The second-order valence-electron chi connectivity index (χ2n) is 4.63. The van der Waals surface area contributed by atoms with E-state index < -0.39 is 10.0 Å². The van der Waals surface area contributed by atoms with Crippen molar-refractivity contribution >= 4 is 36.9 Å². The van der Waals surface area contributed by atoms with Gasteiger partial charge >= 0.3 is 0 Å². The van der Waals surface area contributed by atoms with E-state index in [0.29, 0.717) is 10.4 Å². The Morgan fingerprint density at radius 1 is 1.00 bits per heavy atom. The third-order valence-corrected chi connectivity index (χ3v) is 5.39. The lowest BCUT2D eigenvalue weighted by Gasteiger charge is -2.08. The molecule has 1 aromatic heterocycles. The minimum Gasteiger partial charge on any atom is -0.241 e. The summed E-state index contributed by atoms with van der Waals surface area (Å²) in [6.45, 7) is 1.93. The summed E-state index contributed by atoms with van der Waals surface area (Å²) in [6, 6.07) is 14.2. The third-order valence-electron chi connectivity index (χ3n) is 3.19. The molecule has 2 aromatic carbocycles. The van der Waals surface area contributed by atoms with Gasteiger partial charge < -0.3 is 0 Å². The number of hydrogen-bond acceptors (Lipinski definition) is 2. The maximum atomic E-state index is 12.7. The summed E-state index contributed by atoms with van der Waals surface area (Å²) in [5.41, 5.74) is 1.71. The molecule has 0 radical (unpaired) electrons. The minimum absolute atomic E-state index is 0.295. The van der Waals surface area contributed by atoms with Crippen molar-refractivity contribution in [3.8, 4) is 0 Å². The molecule has 0 unspecified atom stereocenters. The molecule has 102 valence electrons. The summed E-state index contributed by atoms with van der Waals surface area (Å²) in [4.78, 5) is 0.295. The second kappa shape index (κ2) is 4.75. The van der Waals surface area contributed by atoms with Gasteiger partial charge in [-0.1, -0.05) is 33.6 Å². The van der Waals surface area contributed by atoms with Crippen LogP contribution >= 0.6 is 15.9 Å². The van der Waals surface area contributed by atoms with Crippen LogP contribution in [0.1, 0.15) is 5.56 Å². The first kappa shape index (κ1) is 13.4. The molecule has 0 fully saturated rings. The normalized spacial score (nSPS) is 11.9. The van der Waals surface area contributed by atoms with Gasteiger partial charge in [-0.25, -0.2) is 12.4 Å². The van der Waals surface area contributed by atoms with E-state index in [9.17, 15) is 8.42 Å². The molecule has 0 atom stereocenters. The van der Waals surface area contributed by atoms with Crippen LogP contribution in [0.5, 0.6) is 0 Å². The van der Waals surface area contributed by atoms with Crippen LogP contribution < -0.4 is 0 Å². The van der Waals surface area contributed by atoms with E-state index in [0.717, 1.165) is 15.4 Å². The lowest BCUT2D eigenvalue weighted by molar-refractivity contribution is 0.589. The van der Waals surface area contributed by atoms with Crippen LogP contribution in [0.25, 0.3) is 10.9 Å². The van der Waals surface area contributed by atoms with Crippen molar-refractivity contribution in [3.63, 3.8) is 0 Å². The molecule has 0 saturated carbocycles. The minimum atomic E-state index is -3.55. The molecule has 3 nitrogen and oxygen atoms in total. The van der Waals surface area contributed by atoms with Gasteiger partial charge in [0, 0.05) is 16.1 Å². The van der Waals surface area contributed by atoms with Crippen molar-refractivity contribution < 1.29 is 8.42 Å². The molecule has 0 saturated heterocycles. The van der Waals surface area contributed by atoms with Crippen LogP contribution in [0.3, 0.4) is 0 Å².